The highest BCUT2D eigenvalue weighted by Crippen LogP contribution is 2.60. The van der Waals surface area contributed by atoms with Crippen LogP contribution < -0.4 is 0 Å². The van der Waals surface area contributed by atoms with E-state index in [-0.39, 0.29) is 29.8 Å². The van der Waals surface area contributed by atoms with Gasteiger partial charge in [-0.15, -0.1) is 0 Å². The molecule has 4 aliphatic rings. The van der Waals surface area contributed by atoms with Crippen LogP contribution in [0, 0.1) is 23.2 Å². The van der Waals surface area contributed by atoms with Crippen LogP contribution in [0.1, 0.15) is 52.9 Å². The summed E-state index contributed by atoms with van der Waals surface area (Å²) in [6.07, 6.45) is 4.19. The lowest BCUT2D eigenvalue weighted by molar-refractivity contribution is -0.227. The monoisotopic (exact) mass is 334 g/mol. The molecule has 4 heteroatoms. The maximum atomic E-state index is 10.9. The van der Waals surface area contributed by atoms with Gasteiger partial charge in [-0.2, -0.15) is 0 Å². The highest BCUT2D eigenvalue weighted by Gasteiger charge is 2.61. The summed E-state index contributed by atoms with van der Waals surface area (Å²) in [6, 6.07) is 0. The van der Waals surface area contributed by atoms with Crippen LogP contribution in [0.3, 0.4) is 0 Å². The molecule has 1 heterocycles. The fraction of sp³-hybridized carbons (Fsp3) is 0.800. The molecule has 1 saturated heterocycles. The van der Waals surface area contributed by atoms with Crippen LogP contribution in [0.4, 0.5) is 0 Å². The van der Waals surface area contributed by atoms with E-state index >= 15 is 0 Å². The molecule has 3 aliphatic carbocycles. The Morgan fingerprint density at radius 1 is 1.33 bits per heavy atom. The van der Waals surface area contributed by atoms with Crippen molar-refractivity contribution in [2.75, 3.05) is 13.2 Å². The van der Waals surface area contributed by atoms with Gasteiger partial charge in [0.1, 0.15) is 6.10 Å². The zero-order chi connectivity index (χ0) is 17.3. The number of rotatable bonds is 2. The molecule has 0 amide bonds. The number of hydrogen-bond acceptors (Lipinski definition) is 4. The highest BCUT2D eigenvalue weighted by atomic mass is 16.6. The standard InChI is InChI=1S/C20H30O4/c1-11(9-21)14-6-7-19(3)8-15-12(2)18(22)20(23)17(15)13(10-24-20)4-5-16(14)19/h11,13,17-18,21-23H,4-10H2,1-3H3/t11-,13+,17-,18+,19+,20-/m0/s1. The van der Waals surface area contributed by atoms with Crippen LogP contribution >= 0.6 is 0 Å². The summed E-state index contributed by atoms with van der Waals surface area (Å²) in [7, 11) is 0. The van der Waals surface area contributed by atoms with Crippen LogP contribution in [0.25, 0.3) is 0 Å². The van der Waals surface area contributed by atoms with Gasteiger partial charge in [0.2, 0.25) is 5.79 Å². The van der Waals surface area contributed by atoms with Crippen LogP contribution in [0.2, 0.25) is 0 Å². The zero-order valence-electron chi connectivity index (χ0n) is 15.0. The van der Waals surface area contributed by atoms with E-state index < -0.39 is 11.9 Å². The molecule has 0 spiro atoms. The van der Waals surface area contributed by atoms with Crippen molar-refractivity contribution in [2.45, 2.75) is 64.8 Å². The maximum absolute atomic E-state index is 10.9. The molecule has 24 heavy (non-hydrogen) atoms. The second-order valence-electron chi connectivity index (χ2n) is 8.77. The molecular weight excluding hydrogens is 304 g/mol. The summed E-state index contributed by atoms with van der Waals surface area (Å²) >= 11 is 0. The second-order valence-corrected chi connectivity index (χ2v) is 8.77. The second kappa shape index (κ2) is 5.41. The number of aliphatic hydroxyl groups is 3. The van der Waals surface area contributed by atoms with Crippen molar-refractivity contribution < 1.29 is 20.1 Å². The van der Waals surface area contributed by atoms with Gasteiger partial charge in [-0.05, 0) is 55.9 Å². The Bertz CT molecular complexity index is 621. The first-order valence-electron chi connectivity index (χ1n) is 9.39. The molecule has 4 nitrogen and oxygen atoms in total. The molecule has 4 rings (SSSR count). The number of allylic oxidation sites excluding steroid dienone is 1. The fourth-order valence-corrected chi connectivity index (χ4v) is 5.94. The quantitative estimate of drug-likeness (QED) is 0.679. The smallest absolute Gasteiger partial charge is 0.203 e. The molecule has 0 radical (unpaired) electrons. The van der Waals surface area contributed by atoms with Gasteiger partial charge in [0, 0.05) is 18.4 Å². The van der Waals surface area contributed by atoms with E-state index in [2.05, 4.69) is 13.8 Å². The number of hydrogen-bond donors (Lipinski definition) is 3. The summed E-state index contributed by atoms with van der Waals surface area (Å²) in [6.45, 7) is 7.15. The fourth-order valence-electron chi connectivity index (χ4n) is 5.94. The van der Waals surface area contributed by atoms with Crippen molar-refractivity contribution in [1.82, 2.24) is 0 Å². The van der Waals surface area contributed by atoms with Gasteiger partial charge in [0.25, 0.3) is 0 Å². The SMILES string of the molecule is CC1=C2C[C@@]3(C)CCC([C@@H](C)CO)=C3CC[C@@H]3CO[C@](O)([C@@H]1O)[C@H]23. The lowest BCUT2D eigenvalue weighted by Gasteiger charge is -2.37. The molecular formula is C20H30O4. The lowest BCUT2D eigenvalue weighted by Crippen LogP contribution is -2.44. The first-order chi connectivity index (χ1) is 11.3. The first kappa shape index (κ1) is 16.8. The van der Waals surface area contributed by atoms with Gasteiger partial charge in [-0.1, -0.05) is 30.6 Å². The number of fused-ring (bicyclic) bond motifs is 1. The Labute approximate surface area is 144 Å². The van der Waals surface area contributed by atoms with E-state index in [9.17, 15) is 15.3 Å². The predicted octanol–water partition coefficient (Wildman–Crippen LogP) is 2.54. The van der Waals surface area contributed by atoms with Gasteiger partial charge in [-0.25, -0.2) is 0 Å². The molecule has 134 valence electrons. The normalized spacial score (nSPS) is 46.0. The van der Waals surface area contributed by atoms with Crippen molar-refractivity contribution in [3.05, 3.63) is 22.3 Å². The molecule has 6 atom stereocenters. The molecule has 1 saturated carbocycles. The molecule has 0 aromatic carbocycles. The Morgan fingerprint density at radius 3 is 2.79 bits per heavy atom. The van der Waals surface area contributed by atoms with Crippen molar-refractivity contribution >= 4 is 0 Å². The molecule has 1 aliphatic heterocycles. The number of aliphatic hydroxyl groups excluding tert-OH is 2. The van der Waals surface area contributed by atoms with Crippen molar-refractivity contribution in [2.24, 2.45) is 23.2 Å². The predicted molar refractivity (Wildman–Crippen MR) is 91.1 cm³/mol. The summed E-state index contributed by atoms with van der Waals surface area (Å²) in [5.41, 5.74) is 5.21. The highest BCUT2D eigenvalue weighted by molar-refractivity contribution is 5.40. The summed E-state index contributed by atoms with van der Waals surface area (Å²) in [5, 5.41) is 31.2. The average molecular weight is 334 g/mol. The number of ether oxygens (including phenoxy) is 1. The third-order valence-corrected chi connectivity index (χ3v) is 7.41. The van der Waals surface area contributed by atoms with Crippen LogP contribution in [0.5, 0.6) is 0 Å². The van der Waals surface area contributed by atoms with Crippen LogP contribution in [0.15, 0.2) is 22.3 Å². The molecule has 0 aromatic rings. The Hall–Kier alpha value is -0.680. The van der Waals surface area contributed by atoms with Crippen molar-refractivity contribution in [1.29, 1.82) is 0 Å². The van der Waals surface area contributed by atoms with E-state index in [0.717, 1.165) is 37.7 Å². The van der Waals surface area contributed by atoms with E-state index in [1.54, 1.807) is 0 Å². The lowest BCUT2D eigenvalue weighted by atomic mass is 9.67. The molecule has 2 fully saturated rings. The summed E-state index contributed by atoms with van der Waals surface area (Å²) < 4.78 is 5.73. The van der Waals surface area contributed by atoms with Crippen LogP contribution in [-0.4, -0.2) is 40.4 Å². The minimum atomic E-state index is -1.40. The van der Waals surface area contributed by atoms with Crippen molar-refractivity contribution in [3.63, 3.8) is 0 Å². The Kier molecular flexibility index (Phi) is 3.78. The Morgan fingerprint density at radius 2 is 2.08 bits per heavy atom. The average Bonchev–Trinajstić information content (AvgIpc) is 3.10. The summed E-state index contributed by atoms with van der Waals surface area (Å²) in [4.78, 5) is 0. The minimum absolute atomic E-state index is 0.0507. The topological polar surface area (TPSA) is 69.9 Å². The van der Waals surface area contributed by atoms with Crippen molar-refractivity contribution in [3.8, 4) is 0 Å². The van der Waals surface area contributed by atoms with Gasteiger partial charge < -0.3 is 20.1 Å². The molecule has 0 aromatic heterocycles. The zero-order valence-corrected chi connectivity index (χ0v) is 15.0. The van der Waals surface area contributed by atoms with Crippen LogP contribution in [-0.2, 0) is 4.74 Å². The van der Waals surface area contributed by atoms with Gasteiger partial charge in [-0.3, -0.25) is 0 Å². The van der Waals surface area contributed by atoms with Gasteiger partial charge >= 0.3 is 0 Å². The van der Waals surface area contributed by atoms with E-state index in [4.69, 9.17) is 4.74 Å². The third-order valence-electron chi connectivity index (χ3n) is 7.41. The van der Waals surface area contributed by atoms with Gasteiger partial charge in [0.05, 0.1) is 6.61 Å². The summed E-state index contributed by atoms with van der Waals surface area (Å²) in [5.74, 6) is -0.940. The molecule has 0 unspecified atom stereocenters. The van der Waals surface area contributed by atoms with Gasteiger partial charge in [0.15, 0.2) is 0 Å². The van der Waals surface area contributed by atoms with E-state index in [1.807, 2.05) is 6.92 Å². The maximum Gasteiger partial charge on any atom is 0.203 e. The molecule has 3 N–H and O–H groups in total. The Balaban J connectivity index is 1.78. The first-order valence-corrected chi connectivity index (χ1v) is 9.39. The third kappa shape index (κ3) is 2.06. The van der Waals surface area contributed by atoms with E-state index in [0.29, 0.717) is 6.61 Å². The van der Waals surface area contributed by atoms with E-state index in [1.165, 1.54) is 16.7 Å². The largest absolute Gasteiger partial charge is 0.396 e. The minimum Gasteiger partial charge on any atom is -0.396 e. The molecule has 0 bridgehead atoms.